The molecule has 1 amide bonds. The van der Waals surface area contributed by atoms with Crippen LogP contribution in [0.5, 0.6) is 28.9 Å². The highest BCUT2D eigenvalue weighted by atomic mass is 19.1. The first-order valence-corrected chi connectivity index (χ1v) is 12.2. The van der Waals surface area contributed by atoms with Gasteiger partial charge < -0.3 is 29.6 Å². The summed E-state index contributed by atoms with van der Waals surface area (Å²) in [4.78, 5) is 24.9. The van der Waals surface area contributed by atoms with Crippen LogP contribution in [0.3, 0.4) is 0 Å². The number of carbonyl (C=O) groups is 1. The maximum absolute atomic E-state index is 15.1. The molecule has 0 bridgehead atoms. The molecule has 2 N–H and O–H groups in total. The largest absolute Gasteiger partial charge is 0.493 e. The van der Waals surface area contributed by atoms with Gasteiger partial charge in [-0.3, -0.25) is 9.78 Å². The normalized spacial score (nSPS) is 12.7. The van der Waals surface area contributed by atoms with E-state index in [2.05, 4.69) is 25.6 Å². The molecule has 2 heterocycles. The molecule has 2 aromatic heterocycles. The van der Waals surface area contributed by atoms with Crippen LogP contribution in [0.2, 0.25) is 0 Å². The third-order valence-corrected chi connectivity index (χ3v) is 5.79. The number of ether oxygens (including phenoxy) is 4. The number of likely N-dealkylation sites (N-methyl/N-ethyl adjacent to an activating group) is 1. The predicted octanol–water partition coefficient (Wildman–Crippen LogP) is 4.50. The molecular formula is C27H25F2N5O5. The van der Waals surface area contributed by atoms with Crippen LogP contribution in [0.1, 0.15) is 23.2 Å². The maximum atomic E-state index is 15.1. The summed E-state index contributed by atoms with van der Waals surface area (Å²) in [5, 5.41) is 5.90. The molecule has 202 valence electrons. The maximum Gasteiger partial charge on any atom is 0.262 e. The van der Waals surface area contributed by atoms with Crippen LogP contribution in [0.4, 0.5) is 14.5 Å². The number of halogens is 2. The van der Waals surface area contributed by atoms with E-state index in [-0.39, 0.29) is 29.0 Å². The molecule has 0 spiro atoms. The summed E-state index contributed by atoms with van der Waals surface area (Å²) in [6, 6.07) is 6.68. The molecule has 1 aliphatic rings. The molecule has 5 rings (SSSR count). The van der Waals surface area contributed by atoms with Crippen LogP contribution in [-0.2, 0) is 0 Å². The Bertz CT molecular complexity index is 1490. The lowest BCUT2D eigenvalue weighted by Crippen LogP contribution is -2.16. The second-order valence-electron chi connectivity index (χ2n) is 8.67. The predicted molar refractivity (Wildman–Crippen MR) is 138 cm³/mol. The van der Waals surface area contributed by atoms with Crippen LogP contribution in [0.25, 0.3) is 10.9 Å². The molecule has 10 nitrogen and oxygen atoms in total. The summed E-state index contributed by atoms with van der Waals surface area (Å²) in [5.41, 5.74) is 0.414. The molecular weight excluding hydrogens is 512 g/mol. The smallest absolute Gasteiger partial charge is 0.262 e. The van der Waals surface area contributed by atoms with Crippen LogP contribution in [0.15, 0.2) is 49.1 Å². The number of nitrogens with zero attached hydrogens (tertiary/aromatic N) is 3. The number of aromatic nitrogens is 3. The average Bonchev–Trinajstić information content (AvgIpc) is 3.75. The first kappa shape index (κ1) is 26.0. The van der Waals surface area contributed by atoms with Crippen molar-refractivity contribution in [3.05, 3.63) is 66.3 Å². The van der Waals surface area contributed by atoms with Crippen LogP contribution >= 0.6 is 0 Å². The van der Waals surface area contributed by atoms with E-state index in [4.69, 9.17) is 18.9 Å². The minimum absolute atomic E-state index is 0.000482. The molecule has 0 radical (unpaired) electrons. The molecule has 0 aliphatic heterocycles. The molecule has 39 heavy (non-hydrogen) atoms. The summed E-state index contributed by atoms with van der Waals surface area (Å²) in [5.74, 6) is -2.21. The van der Waals surface area contributed by atoms with E-state index in [9.17, 15) is 4.79 Å². The van der Waals surface area contributed by atoms with E-state index in [0.717, 1.165) is 25.0 Å². The molecule has 0 atom stereocenters. The number of pyridine rings is 1. The average molecular weight is 538 g/mol. The highest BCUT2D eigenvalue weighted by Gasteiger charge is 2.27. The van der Waals surface area contributed by atoms with E-state index < -0.39 is 23.3 Å². The Balaban J connectivity index is 1.38. The fourth-order valence-electron chi connectivity index (χ4n) is 3.70. The van der Waals surface area contributed by atoms with E-state index in [1.807, 2.05) is 7.05 Å². The van der Waals surface area contributed by atoms with Crippen molar-refractivity contribution < 1.29 is 32.5 Å². The van der Waals surface area contributed by atoms with Crippen molar-refractivity contribution in [1.29, 1.82) is 0 Å². The number of carbonyl (C=O) groups excluding carboxylic acids is 1. The Hall–Kier alpha value is -4.58. The molecule has 12 heteroatoms. The minimum Gasteiger partial charge on any atom is -0.493 e. The molecule has 1 fully saturated rings. The number of anilines is 1. The quantitative estimate of drug-likeness (QED) is 0.267. The van der Waals surface area contributed by atoms with E-state index in [0.29, 0.717) is 35.6 Å². The highest BCUT2D eigenvalue weighted by Crippen LogP contribution is 2.38. The van der Waals surface area contributed by atoms with Crippen molar-refractivity contribution in [2.75, 3.05) is 32.6 Å². The summed E-state index contributed by atoms with van der Waals surface area (Å²) < 4.78 is 52.6. The summed E-state index contributed by atoms with van der Waals surface area (Å²) in [7, 11) is 3.29. The number of benzene rings is 2. The number of methoxy groups -OCH3 is 1. The Morgan fingerprint density at radius 3 is 2.59 bits per heavy atom. The second-order valence-corrected chi connectivity index (χ2v) is 8.67. The zero-order chi connectivity index (χ0) is 27.4. The van der Waals surface area contributed by atoms with Crippen molar-refractivity contribution in [2.24, 2.45) is 0 Å². The van der Waals surface area contributed by atoms with Gasteiger partial charge in [-0.1, -0.05) is 0 Å². The van der Waals surface area contributed by atoms with Gasteiger partial charge in [0.25, 0.3) is 5.91 Å². The summed E-state index contributed by atoms with van der Waals surface area (Å²) >= 11 is 0. The molecule has 0 unspecified atom stereocenters. The fourth-order valence-corrected chi connectivity index (χ4v) is 3.70. The third-order valence-electron chi connectivity index (χ3n) is 5.79. The van der Waals surface area contributed by atoms with E-state index in [1.54, 1.807) is 12.1 Å². The van der Waals surface area contributed by atoms with Crippen LogP contribution < -0.4 is 29.6 Å². The summed E-state index contributed by atoms with van der Waals surface area (Å²) in [6.07, 6.45) is 5.73. The number of hydrogen-bond acceptors (Lipinski definition) is 9. The van der Waals surface area contributed by atoms with Crippen molar-refractivity contribution in [3.8, 4) is 28.9 Å². The molecule has 0 saturated heterocycles. The van der Waals surface area contributed by atoms with Crippen LogP contribution in [-0.4, -0.2) is 54.3 Å². The lowest BCUT2D eigenvalue weighted by Gasteiger charge is -2.15. The zero-order valence-corrected chi connectivity index (χ0v) is 21.2. The number of nitrogens with one attached hydrogen (secondary N) is 2. The van der Waals surface area contributed by atoms with Crippen LogP contribution in [0, 0.1) is 11.6 Å². The van der Waals surface area contributed by atoms with Gasteiger partial charge in [0.05, 0.1) is 12.6 Å². The third kappa shape index (κ3) is 5.96. The number of amides is 1. The molecule has 4 aromatic rings. The molecule has 1 aliphatic carbocycles. The lowest BCUT2D eigenvalue weighted by molar-refractivity contribution is 0.102. The van der Waals surface area contributed by atoms with Gasteiger partial charge in [-0.05, 0) is 32.0 Å². The zero-order valence-electron chi connectivity index (χ0n) is 21.2. The molecule has 1 saturated carbocycles. The highest BCUT2D eigenvalue weighted by molar-refractivity contribution is 6.05. The van der Waals surface area contributed by atoms with Gasteiger partial charge in [-0.25, -0.2) is 18.7 Å². The Morgan fingerprint density at radius 2 is 1.87 bits per heavy atom. The van der Waals surface area contributed by atoms with Crippen molar-refractivity contribution in [2.45, 2.75) is 18.9 Å². The Labute approximate surface area is 222 Å². The minimum atomic E-state index is -1.02. The van der Waals surface area contributed by atoms with Gasteiger partial charge in [0.15, 0.2) is 28.9 Å². The molecule has 2 aromatic carbocycles. The van der Waals surface area contributed by atoms with Gasteiger partial charge in [0.1, 0.15) is 30.4 Å². The van der Waals surface area contributed by atoms with Gasteiger partial charge >= 0.3 is 0 Å². The van der Waals surface area contributed by atoms with Gasteiger partial charge in [-0.2, -0.15) is 0 Å². The number of rotatable bonds is 11. The summed E-state index contributed by atoms with van der Waals surface area (Å²) in [6.45, 7) is 1.03. The van der Waals surface area contributed by atoms with Gasteiger partial charge in [0, 0.05) is 48.2 Å². The Morgan fingerprint density at radius 1 is 1.08 bits per heavy atom. The first-order chi connectivity index (χ1) is 19.0. The van der Waals surface area contributed by atoms with Crippen molar-refractivity contribution in [1.82, 2.24) is 20.3 Å². The standard InChI is InChI=1S/C27H25F2N5O5/c1-30-7-8-37-24-12-21-17(11-23(24)36-2)22(5-6-32-21)39-25-19(28)9-15(10-20(25)29)34-26(35)18-13-31-14-33-27(18)38-16-3-4-16/h5-6,9-14,16,30H,3-4,7-8H2,1-2H3,(H,34,35). The van der Waals surface area contributed by atoms with E-state index >= 15 is 8.78 Å². The van der Waals surface area contributed by atoms with E-state index in [1.165, 1.54) is 31.9 Å². The topological polar surface area (TPSA) is 117 Å². The fraction of sp³-hybridized carbons (Fsp3) is 0.259. The number of hydrogen-bond donors (Lipinski definition) is 2. The van der Waals surface area contributed by atoms with Crippen molar-refractivity contribution >= 4 is 22.5 Å². The first-order valence-electron chi connectivity index (χ1n) is 12.2. The van der Waals surface area contributed by atoms with Crippen molar-refractivity contribution in [3.63, 3.8) is 0 Å². The Kier molecular flexibility index (Phi) is 7.64. The second kappa shape index (κ2) is 11.4. The van der Waals surface area contributed by atoms with Gasteiger partial charge in [-0.15, -0.1) is 0 Å². The SMILES string of the molecule is CNCCOc1cc2nccc(Oc3c(F)cc(NC(=O)c4cncnc4OC4CC4)cc3F)c2cc1OC. The monoisotopic (exact) mass is 537 g/mol. The number of fused-ring (bicyclic) bond motifs is 1. The van der Waals surface area contributed by atoms with Gasteiger partial charge in [0.2, 0.25) is 5.88 Å². The lowest BCUT2D eigenvalue weighted by atomic mass is 10.1.